The summed E-state index contributed by atoms with van der Waals surface area (Å²) < 4.78 is 12.8. The van der Waals surface area contributed by atoms with E-state index >= 15 is 0 Å². The molecule has 0 aliphatic heterocycles. The summed E-state index contributed by atoms with van der Waals surface area (Å²) in [6.07, 6.45) is 1.78. The van der Waals surface area contributed by atoms with Crippen molar-refractivity contribution in [2.75, 3.05) is 0 Å². The molecule has 0 bridgehead atoms. The Labute approximate surface area is 137 Å². The predicted octanol–water partition coefficient (Wildman–Crippen LogP) is 4.43. The zero-order valence-electron chi connectivity index (χ0n) is 11.7. The highest BCUT2D eigenvalue weighted by Crippen LogP contribution is 2.25. The number of benzene rings is 2. The predicted molar refractivity (Wildman–Crippen MR) is 87.1 cm³/mol. The van der Waals surface area contributed by atoms with Gasteiger partial charge >= 0.3 is 0 Å². The van der Waals surface area contributed by atoms with Gasteiger partial charge in [-0.3, -0.25) is 15.6 Å². The van der Waals surface area contributed by atoms with Gasteiger partial charge in [0.05, 0.1) is 15.7 Å². The lowest BCUT2D eigenvalue weighted by Gasteiger charge is -2.13. The average molecular weight is 339 g/mol. The third-order valence-corrected chi connectivity index (χ3v) is 3.68. The lowest BCUT2D eigenvalue weighted by atomic mass is 10.1. The van der Waals surface area contributed by atoms with Gasteiger partial charge in [-0.15, -0.1) is 0 Å². The molecule has 0 aromatic heterocycles. The Bertz CT molecular complexity index is 715. The summed E-state index contributed by atoms with van der Waals surface area (Å²) in [5.41, 5.74) is 7.14. The summed E-state index contributed by atoms with van der Waals surface area (Å²) in [6, 6.07) is 10.4. The number of allylic oxidation sites excluding steroid dienone is 1. The summed E-state index contributed by atoms with van der Waals surface area (Å²) in [4.78, 5) is 12.0. The first-order chi connectivity index (χ1) is 10.5. The van der Waals surface area contributed by atoms with E-state index in [-0.39, 0.29) is 5.91 Å². The molecule has 0 fully saturated rings. The highest BCUT2D eigenvalue weighted by molar-refractivity contribution is 6.42. The van der Waals surface area contributed by atoms with Gasteiger partial charge in [0, 0.05) is 11.1 Å². The van der Waals surface area contributed by atoms with Gasteiger partial charge in [0.15, 0.2) is 0 Å². The fourth-order valence-electron chi connectivity index (χ4n) is 1.77. The Kier molecular flexibility index (Phi) is 5.41. The second-order valence-electron chi connectivity index (χ2n) is 4.42. The quantitative estimate of drug-likeness (QED) is 0.809. The molecule has 1 amide bonds. The Morgan fingerprint density at radius 1 is 1.00 bits per heavy atom. The van der Waals surface area contributed by atoms with Gasteiger partial charge in [0.25, 0.3) is 5.91 Å². The summed E-state index contributed by atoms with van der Waals surface area (Å²) in [5.74, 6) is -0.770. The van der Waals surface area contributed by atoms with Crippen molar-refractivity contribution < 1.29 is 9.18 Å². The summed E-state index contributed by atoms with van der Waals surface area (Å²) >= 11 is 11.9. The van der Waals surface area contributed by atoms with Crippen LogP contribution in [0.25, 0.3) is 5.70 Å². The van der Waals surface area contributed by atoms with E-state index in [2.05, 4.69) is 10.9 Å². The first-order valence-corrected chi connectivity index (χ1v) is 7.20. The molecule has 2 N–H and O–H groups in total. The van der Waals surface area contributed by atoms with E-state index in [0.29, 0.717) is 21.3 Å². The molecule has 6 heteroatoms. The highest BCUT2D eigenvalue weighted by atomic mass is 35.5. The number of nitrogens with one attached hydrogen (secondary N) is 2. The fourth-order valence-corrected chi connectivity index (χ4v) is 2.07. The average Bonchev–Trinajstić information content (AvgIpc) is 2.51. The Balaban J connectivity index is 2.06. The summed E-state index contributed by atoms with van der Waals surface area (Å²) in [5, 5.41) is 0.876. The van der Waals surface area contributed by atoms with Crippen LogP contribution >= 0.6 is 23.2 Å². The number of rotatable bonds is 4. The Morgan fingerprint density at radius 3 is 2.23 bits per heavy atom. The minimum Gasteiger partial charge on any atom is -0.298 e. The summed E-state index contributed by atoms with van der Waals surface area (Å²) in [7, 11) is 0. The van der Waals surface area contributed by atoms with Crippen LogP contribution in [0.2, 0.25) is 10.0 Å². The Morgan fingerprint density at radius 2 is 1.64 bits per heavy atom. The maximum absolute atomic E-state index is 12.8. The molecule has 2 rings (SSSR count). The molecule has 0 saturated carbocycles. The lowest BCUT2D eigenvalue weighted by molar-refractivity contribution is 0.0942. The fraction of sp³-hybridized carbons (Fsp3) is 0.0625. The normalized spacial score (nSPS) is 11.2. The lowest BCUT2D eigenvalue weighted by Crippen LogP contribution is -2.36. The molecule has 0 aliphatic rings. The van der Waals surface area contributed by atoms with E-state index in [1.165, 1.54) is 24.3 Å². The van der Waals surface area contributed by atoms with E-state index in [4.69, 9.17) is 23.2 Å². The van der Waals surface area contributed by atoms with Gasteiger partial charge in [-0.25, -0.2) is 4.39 Å². The van der Waals surface area contributed by atoms with Crippen molar-refractivity contribution in [2.24, 2.45) is 0 Å². The van der Waals surface area contributed by atoms with Gasteiger partial charge in [-0.1, -0.05) is 35.3 Å². The van der Waals surface area contributed by atoms with Gasteiger partial charge in [0.1, 0.15) is 5.82 Å². The van der Waals surface area contributed by atoms with Crippen molar-refractivity contribution >= 4 is 34.8 Å². The number of carbonyl (C=O) groups is 1. The minimum absolute atomic E-state index is 0.346. The molecule has 2 aromatic rings. The van der Waals surface area contributed by atoms with Gasteiger partial charge < -0.3 is 0 Å². The van der Waals surface area contributed by atoms with E-state index in [0.717, 1.165) is 5.56 Å². The second-order valence-corrected chi connectivity index (χ2v) is 5.23. The number of hydrazine groups is 1. The van der Waals surface area contributed by atoms with Crippen LogP contribution in [0.4, 0.5) is 4.39 Å². The van der Waals surface area contributed by atoms with Crippen LogP contribution < -0.4 is 10.9 Å². The van der Waals surface area contributed by atoms with Gasteiger partial charge in [-0.2, -0.15) is 0 Å². The van der Waals surface area contributed by atoms with Crippen molar-refractivity contribution in [3.63, 3.8) is 0 Å². The van der Waals surface area contributed by atoms with E-state index in [9.17, 15) is 9.18 Å². The molecule has 0 radical (unpaired) electrons. The minimum atomic E-state index is -0.394. The zero-order valence-corrected chi connectivity index (χ0v) is 13.2. The van der Waals surface area contributed by atoms with Crippen molar-refractivity contribution in [3.8, 4) is 0 Å². The third-order valence-electron chi connectivity index (χ3n) is 2.94. The molecule has 0 atom stereocenters. The van der Waals surface area contributed by atoms with Crippen LogP contribution in [0.1, 0.15) is 22.8 Å². The van der Waals surface area contributed by atoms with Crippen LogP contribution in [0.15, 0.2) is 48.5 Å². The summed E-state index contributed by atoms with van der Waals surface area (Å²) in [6.45, 7) is 1.81. The second kappa shape index (κ2) is 7.29. The van der Waals surface area contributed by atoms with Crippen LogP contribution in [-0.2, 0) is 0 Å². The molecule has 0 saturated heterocycles. The highest BCUT2D eigenvalue weighted by Gasteiger charge is 2.08. The maximum atomic E-state index is 12.8. The smallest absolute Gasteiger partial charge is 0.269 e. The monoisotopic (exact) mass is 338 g/mol. The van der Waals surface area contributed by atoms with Crippen LogP contribution in [0, 0.1) is 5.82 Å². The largest absolute Gasteiger partial charge is 0.298 e. The van der Waals surface area contributed by atoms with Gasteiger partial charge in [0.2, 0.25) is 0 Å². The molecule has 0 unspecified atom stereocenters. The maximum Gasteiger partial charge on any atom is 0.269 e. The van der Waals surface area contributed by atoms with Crippen LogP contribution in [0.3, 0.4) is 0 Å². The first-order valence-electron chi connectivity index (χ1n) is 6.45. The van der Waals surface area contributed by atoms with Crippen molar-refractivity contribution in [3.05, 3.63) is 75.5 Å². The third kappa shape index (κ3) is 4.00. The molecule has 3 nitrogen and oxygen atoms in total. The standard InChI is InChI=1S/C16H13Cl2FN2O/c1-2-15(11-5-8-13(17)14(18)9-11)20-21-16(22)10-3-6-12(19)7-4-10/h2-9,20H,1H3,(H,21,22)/b15-2-. The topological polar surface area (TPSA) is 41.1 Å². The van der Waals surface area contributed by atoms with Crippen LogP contribution in [0.5, 0.6) is 0 Å². The molecular weight excluding hydrogens is 326 g/mol. The number of halogens is 3. The van der Waals surface area contributed by atoms with E-state index in [1.807, 2.05) is 6.92 Å². The van der Waals surface area contributed by atoms with Crippen molar-refractivity contribution in [1.82, 2.24) is 10.9 Å². The molecule has 0 spiro atoms. The molecule has 2 aromatic carbocycles. The first kappa shape index (κ1) is 16.3. The Hall–Kier alpha value is -2.04. The van der Waals surface area contributed by atoms with E-state index < -0.39 is 5.82 Å². The van der Waals surface area contributed by atoms with Crippen molar-refractivity contribution in [2.45, 2.75) is 6.92 Å². The number of amides is 1. The number of hydrogen-bond acceptors (Lipinski definition) is 2. The number of carbonyl (C=O) groups excluding carboxylic acids is 1. The molecule has 0 heterocycles. The van der Waals surface area contributed by atoms with Crippen LogP contribution in [-0.4, -0.2) is 5.91 Å². The van der Waals surface area contributed by atoms with Gasteiger partial charge in [-0.05, 0) is 43.3 Å². The van der Waals surface area contributed by atoms with Crippen molar-refractivity contribution in [1.29, 1.82) is 0 Å². The molecule has 114 valence electrons. The molecule has 0 aliphatic carbocycles. The zero-order chi connectivity index (χ0) is 16.1. The molecular formula is C16H13Cl2FN2O. The van der Waals surface area contributed by atoms with E-state index in [1.54, 1.807) is 24.3 Å². The SMILES string of the molecule is C/C=C(\NNC(=O)c1ccc(F)cc1)c1ccc(Cl)c(Cl)c1. The number of hydrogen-bond donors (Lipinski definition) is 2. The molecule has 22 heavy (non-hydrogen) atoms.